The van der Waals surface area contributed by atoms with Crippen LogP contribution in [0.1, 0.15) is 48.0 Å². The number of aliphatic hydroxyl groups is 2. The van der Waals surface area contributed by atoms with Crippen LogP contribution in [0.15, 0.2) is 18.2 Å². The van der Waals surface area contributed by atoms with Gasteiger partial charge in [0.2, 0.25) is 17.6 Å². The van der Waals surface area contributed by atoms with Crippen LogP contribution in [0.4, 0.5) is 0 Å². The molecule has 1 aromatic carbocycles. The Hall–Kier alpha value is -3.91. The topological polar surface area (TPSA) is 203 Å². The van der Waals surface area contributed by atoms with Gasteiger partial charge >= 0.3 is 0 Å². The number of benzene rings is 1. The van der Waals surface area contributed by atoms with E-state index < -0.39 is 35.5 Å². The number of para-hydroxylation sites is 1. The van der Waals surface area contributed by atoms with E-state index in [0.717, 1.165) is 29.7 Å². The van der Waals surface area contributed by atoms with Gasteiger partial charge in [0.25, 0.3) is 5.91 Å². The Labute approximate surface area is 223 Å². The minimum absolute atomic E-state index is 0.0510. The van der Waals surface area contributed by atoms with Gasteiger partial charge in [-0.05, 0) is 25.3 Å². The third kappa shape index (κ3) is 3.18. The normalized spacial score (nSPS) is 33.0. The largest absolute Gasteiger partial charge is 0.492 e. The molecule has 4 atom stereocenters. The van der Waals surface area contributed by atoms with Crippen molar-refractivity contribution in [3.8, 4) is 5.75 Å². The Morgan fingerprint density at radius 1 is 1.13 bits per heavy atom. The van der Waals surface area contributed by atoms with Gasteiger partial charge in [-0.1, -0.05) is 12.1 Å². The lowest BCUT2D eigenvalue weighted by Gasteiger charge is -2.51. The van der Waals surface area contributed by atoms with Gasteiger partial charge in [-0.15, -0.1) is 0 Å². The molecule has 0 aromatic heterocycles. The average molecular weight is 539 g/mol. The molecule has 5 heterocycles. The molecule has 5 aliphatic heterocycles. The number of hydrogen-bond acceptors (Lipinski definition) is 8. The molecule has 14 heteroatoms. The molecule has 3 amide bonds. The highest BCUT2D eigenvalue weighted by Crippen LogP contribution is 2.56. The number of hydrogen-bond donors (Lipinski definition) is 8. The van der Waals surface area contributed by atoms with Crippen molar-refractivity contribution < 1.29 is 29.3 Å². The van der Waals surface area contributed by atoms with Crippen LogP contribution in [-0.4, -0.2) is 98.9 Å². The summed E-state index contributed by atoms with van der Waals surface area (Å²) in [6.45, 7) is 0.231. The zero-order chi connectivity index (χ0) is 27.3. The molecule has 5 fully saturated rings. The highest BCUT2D eigenvalue weighted by Gasteiger charge is 2.74. The summed E-state index contributed by atoms with van der Waals surface area (Å²) in [5, 5.41) is 51.6. The van der Waals surface area contributed by atoms with Crippen molar-refractivity contribution in [1.29, 1.82) is 10.8 Å². The predicted octanol–water partition coefficient (Wildman–Crippen LogP) is -2.16. The summed E-state index contributed by atoms with van der Waals surface area (Å²) in [7, 11) is 0. The molecule has 4 saturated heterocycles. The van der Waals surface area contributed by atoms with Crippen LogP contribution in [0.5, 0.6) is 5.75 Å². The lowest BCUT2D eigenvalue weighted by molar-refractivity contribution is -0.232. The Bertz CT molecular complexity index is 1330. The van der Waals surface area contributed by atoms with Crippen molar-refractivity contribution in [1.82, 2.24) is 31.1 Å². The summed E-state index contributed by atoms with van der Waals surface area (Å²) < 4.78 is 5.91. The molecule has 2 spiro atoms. The maximum absolute atomic E-state index is 13.5. The molecule has 1 aliphatic carbocycles. The second-order valence-corrected chi connectivity index (χ2v) is 11.3. The van der Waals surface area contributed by atoms with E-state index in [2.05, 4.69) is 21.3 Å². The first-order valence-electron chi connectivity index (χ1n) is 13.2. The quantitative estimate of drug-likeness (QED) is 0.154. The fourth-order valence-corrected chi connectivity index (χ4v) is 7.03. The molecule has 14 nitrogen and oxygen atoms in total. The van der Waals surface area contributed by atoms with E-state index in [9.17, 15) is 24.6 Å². The first-order valence-corrected chi connectivity index (χ1v) is 13.2. The van der Waals surface area contributed by atoms with E-state index >= 15 is 0 Å². The van der Waals surface area contributed by atoms with Gasteiger partial charge in [-0.2, -0.15) is 0 Å². The van der Waals surface area contributed by atoms with Crippen molar-refractivity contribution in [2.45, 2.75) is 67.1 Å². The number of nitrogens with one attached hydrogen (secondary N) is 6. The van der Waals surface area contributed by atoms with Crippen LogP contribution < -0.4 is 26.0 Å². The SMILES string of the molecule is N=C1N[C@H]2[C@H](CN3C(=O)CCC3=O)NC(=N)N3CC(NC(=O)c4cccc5c4OCCC54CC4)C(O)(O)C23N1. The standard InChI is InChI=1S/C25H30N8O6/c26-21-30-19-14(10-32-16(34)4-5-17(32)35)28-22(27)33-11-15(25(37,38)24(19,33)31-21)29-20(36)12-2-1-3-13-18(12)39-9-8-23(13)6-7-23/h1-3,14-15,19,37-38H,4-11H2,(H2,27,28)(H,29,36)(H3,26,30,31)/t14-,15?,19-,24?/m0/s1. The highest BCUT2D eigenvalue weighted by atomic mass is 16.5. The fraction of sp³-hybridized carbons (Fsp3) is 0.560. The van der Waals surface area contributed by atoms with Crippen LogP contribution in [0.25, 0.3) is 0 Å². The van der Waals surface area contributed by atoms with Gasteiger partial charge in [0.15, 0.2) is 17.6 Å². The van der Waals surface area contributed by atoms with E-state index in [4.69, 9.17) is 15.6 Å². The maximum Gasteiger partial charge on any atom is 0.255 e. The monoisotopic (exact) mass is 538 g/mol. The van der Waals surface area contributed by atoms with E-state index in [1.54, 1.807) is 12.1 Å². The molecule has 1 saturated carbocycles. The zero-order valence-electron chi connectivity index (χ0n) is 21.0. The molecule has 206 valence electrons. The summed E-state index contributed by atoms with van der Waals surface area (Å²) in [6, 6.07) is 2.40. The summed E-state index contributed by atoms with van der Waals surface area (Å²) in [5.41, 5.74) is -0.477. The molecular formula is C25H30N8O6. The smallest absolute Gasteiger partial charge is 0.255 e. The summed E-state index contributed by atoms with van der Waals surface area (Å²) in [5.74, 6) is -3.79. The van der Waals surface area contributed by atoms with Crippen LogP contribution in [-0.2, 0) is 15.0 Å². The second-order valence-electron chi connectivity index (χ2n) is 11.3. The third-order valence-corrected chi connectivity index (χ3v) is 9.25. The van der Waals surface area contributed by atoms with E-state index in [-0.39, 0.29) is 55.1 Å². The van der Waals surface area contributed by atoms with Gasteiger partial charge < -0.3 is 41.1 Å². The van der Waals surface area contributed by atoms with Crippen LogP contribution in [0, 0.1) is 10.8 Å². The number of amides is 3. The van der Waals surface area contributed by atoms with Gasteiger partial charge in [0, 0.05) is 30.4 Å². The number of ether oxygens (including phenoxy) is 1. The number of guanidine groups is 2. The van der Waals surface area contributed by atoms with E-state index in [1.807, 2.05) is 6.07 Å². The van der Waals surface area contributed by atoms with Crippen molar-refractivity contribution in [3.05, 3.63) is 29.3 Å². The molecule has 0 radical (unpaired) electrons. The summed E-state index contributed by atoms with van der Waals surface area (Å²) in [4.78, 5) is 40.6. The Morgan fingerprint density at radius 2 is 1.87 bits per heavy atom. The number of carbonyl (C=O) groups is 3. The number of rotatable bonds is 4. The van der Waals surface area contributed by atoms with E-state index in [0.29, 0.717) is 17.9 Å². The van der Waals surface area contributed by atoms with Crippen molar-refractivity contribution in [2.75, 3.05) is 19.7 Å². The average Bonchev–Trinajstić information content (AvgIpc) is 3.38. The molecule has 7 rings (SSSR count). The van der Waals surface area contributed by atoms with Gasteiger partial charge in [0.1, 0.15) is 11.8 Å². The summed E-state index contributed by atoms with van der Waals surface area (Å²) in [6.07, 6.45) is 3.18. The molecule has 39 heavy (non-hydrogen) atoms. The van der Waals surface area contributed by atoms with Crippen LogP contribution in [0.2, 0.25) is 0 Å². The maximum atomic E-state index is 13.5. The van der Waals surface area contributed by atoms with Crippen molar-refractivity contribution in [2.24, 2.45) is 0 Å². The number of fused-ring (bicyclic) bond motifs is 2. The zero-order valence-corrected chi connectivity index (χ0v) is 21.0. The molecule has 2 unspecified atom stereocenters. The first-order chi connectivity index (χ1) is 18.6. The van der Waals surface area contributed by atoms with E-state index in [1.165, 1.54) is 4.90 Å². The minimum atomic E-state index is -2.66. The van der Waals surface area contributed by atoms with Crippen molar-refractivity contribution in [3.63, 3.8) is 0 Å². The number of carbonyl (C=O) groups excluding carboxylic acids is 3. The van der Waals surface area contributed by atoms with Crippen LogP contribution >= 0.6 is 0 Å². The predicted molar refractivity (Wildman–Crippen MR) is 134 cm³/mol. The van der Waals surface area contributed by atoms with Gasteiger partial charge in [0.05, 0.1) is 30.8 Å². The number of likely N-dealkylation sites (tertiary alicyclic amines) is 1. The second kappa shape index (κ2) is 7.82. The van der Waals surface area contributed by atoms with Gasteiger partial charge in [-0.3, -0.25) is 30.1 Å². The Balaban J connectivity index is 1.19. The number of nitrogens with zero attached hydrogens (tertiary/aromatic N) is 2. The molecule has 1 aromatic rings. The molecule has 6 aliphatic rings. The Kier molecular flexibility index (Phi) is 4.84. The lowest BCUT2D eigenvalue weighted by atomic mass is 9.84. The third-order valence-electron chi connectivity index (χ3n) is 9.25. The van der Waals surface area contributed by atoms with Crippen LogP contribution in [0.3, 0.4) is 0 Å². The Morgan fingerprint density at radius 3 is 2.59 bits per heavy atom. The van der Waals surface area contributed by atoms with Gasteiger partial charge in [-0.25, -0.2) is 0 Å². The number of imide groups is 1. The highest BCUT2D eigenvalue weighted by molar-refractivity contribution is 6.02. The summed E-state index contributed by atoms with van der Waals surface area (Å²) >= 11 is 0. The molecule has 8 N–H and O–H groups in total. The molecule has 0 bridgehead atoms. The first kappa shape index (κ1) is 24.2. The minimum Gasteiger partial charge on any atom is -0.492 e. The molecular weight excluding hydrogens is 508 g/mol. The van der Waals surface area contributed by atoms with Crippen molar-refractivity contribution >= 4 is 29.6 Å². The lowest BCUT2D eigenvalue weighted by Crippen LogP contribution is -2.81. The fourth-order valence-electron chi connectivity index (χ4n) is 7.03.